The van der Waals surface area contributed by atoms with E-state index >= 15 is 0 Å². The predicted molar refractivity (Wildman–Crippen MR) is 73.7 cm³/mol. The molecule has 2 aromatic heterocycles. The molecule has 20 heavy (non-hydrogen) atoms. The Labute approximate surface area is 118 Å². The lowest BCUT2D eigenvalue weighted by molar-refractivity contribution is -0.122. The van der Waals surface area contributed by atoms with Gasteiger partial charge in [0.25, 0.3) is 0 Å². The highest BCUT2D eigenvalue weighted by atomic mass is 16.1. The largest absolute Gasteiger partial charge is 0.352 e. The van der Waals surface area contributed by atoms with E-state index in [1.165, 1.54) is 6.33 Å². The molecule has 1 atom stereocenters. The Kier molecular flexibility index (Phi) is 5.28. The van der Waals surface area contributed by atoms with Crippen LogP contribution in [-0.4, -0.2) is 36.3 Å². The third kappa shape index (κ3) is 4.49. The summed E-state index contributed by atoms with van der Waals surface area (Å²) in [4.78, 5) is 19.8. The van der Waals surface area contributed by atoms with Crippen LogP contribution in [0.3, 0.4) is 0 Å². The second-order valence-electron chi connectivity index (χ2n) is 4.69. The molecular formula is C13H20N6O. The summed E-state index contributed by atoms with van der Waals surface area (Å²) in [5, 5.41) is 7.06. The standard InChI is InChI=1S/C13H20N6O/c1-2-12(8-18-7-5-14-10-18)17-13(20)4-3-6-19-11-15-9-16-19/h5,7,9-12H,2-4,6,8H2,1H3,(H,17,20). The lowest BCUT2D eigenvalue weighted by Gasteiger charge is -2.17. The fourth-order valence-corrected chi connectivity index (χ4v) is 1.98. The molecule has 0 spiro atoms. The molecule has 0 saturated heterocycles. The SMILES string of the molecule is CCC(Cn1ccnc1)NC(=O)CCCn1cncn1. The Hall–Kier alpha value is -2.18. The van der Waals surface area contributed by atoms with E-state index in [9.17, 15) is 4.79 Å². The average molecular weight is 276 g/mol. The first-order valence-corrected chi connectivity index (χ1v) is 6.85. The van der Waals surface area contributed by atoms with Gasteiger partial charge in [-0.1, -0.05) is 6.92 Å². The Balaban J connectivity index is 1.69. The fourth-order valence-electron chi connectivity index (χ4n) is 1.98. The summed E-state index contributed by atoms with van der Waals surface area (Å²) in [7, 11) is 0. The number of nitrogens with one attached hydrogen (secondary N) is 1. The zero-order valence-electron chi connectivity index (χ0n) is 11.6. The van der Waals surface area contributed by atoms with Gasteiger partial charge in [-0.15, -0.1) is 0 Å². The van der Waals surface area contributed by atoms with E-state index in [1.54, 1.807) is 23.5 Å². The molecule has 0 aliphatic carbocycles. The van der Waals surface area contributed by atoms with Crippen molar-refractivity contribution >= 4 is 5.91 Å². The van der Waals surface area contributed by atoms with E-state index in [0.29, 0.717) is 13.0 Å². The van der Waals surface area contributed by atoms with Gasteiger partial charge >= 0.3 is 0 Å². The van der Waals surface area contributed by atoms with Crippen LogP contribution in [0, 0.1) is 0 Å². The number of carbonyl (C=O) groups is 1. The molecule has 108 valence electrons. The summed E-state index contributed by atoms with van der Waals surface area (Å²) in [5.74, 6) is 0.0806. The molecule has 7 nitrogen and oxygen atoms in total. The van der Waals surface area contributed by atoms with Crippen LogP contribution in [0.1, 0.15) is 26.2 Å². The number of aromatic nitrogens is 5. The summed E-state index contributed by atoms with van der Waals surface area (Å²) in [6.07, 6.45) is 10.7. The third-order valence-corrected chi connectivity index (χ3v) is 3.11. The average Bonchev–Trinajstić information content (AvgIpc) is 3.11. The maximum atomic E-state index is 11.9. The molecule has 2 heterocycles. The smallest absolute Gasteiger partial charge is 0.220 e. The number of aryl methyl sites for hydroxylation is 1. The summed E-state index contributed by atoms with van der Waals surface area (Å²) in [5.41, 5.74) is 0. The first-order chi connectivity index (χ1) is 9.78. The van der Waals surface area contributed by atoms with Gasteiger partial charge in [0.05, 0.1) is 6.33 Å². The molecule has 0 aromatic carbocycles. The minimum absolute atomic E-state index is 0.0806. The predicted octanol–water partition coefficient (Wildman–Crippen LogP) is 0.850. The van der Waals surface area contributed by atoms with Crippen molar-refractivity contribution in [3.05, 3.63) is 31.4 Å². The topological polar surface area (TPSA) is 77.6 Å². The van der Waals surface area contributed by atoms with Crippen LogP contribution < -0.4 is 5.32 Å². The van der Waals surface area contributed by atoms with Gasteiger partial charge in [0.1, 0.15) is 12.7 Å². The molecule has 1 N–H and O–H groups in total. The van der Waals surface area contributed by atoms with Gasteiger partial charge in [-0.3, -0.25) is 9.48 Å². The normalized spacial score (nSPS) is 12.2. The minimum Gasteiger partial charge on any atom is -0.352 e. The number of carbonyl (C=O) groups excluding carboxylic acids is 1. The highest BCUT2D eigenvalue weighted by Gasteiger charge is 2.10. The lowest BCUT2D eigenvalue weighted by Crippen LogP contribution is -2.37. The maximum absolute atomic E-state index is 11.9. The second kappa shape index (κ2) is 7.42. The number of amides is 1. The van der Waals surface area contributed by atoms with Crippen molar-refractivity contribution in [1.82, 2.24) is 29.6 Å². The molecule has 0 aliphatic heterocycles. The van der Waals surface area contributed by atoms with Gasteiger partial charge in [-0.05, 0) is 12.8 Å². The maximum Gasteiger partial charge on any atom is 0.220 e. The zero-order chi connectivity index (χ0) is 14.2. The number of hydrogen-bond acceptors (Lipinski definition) is 4. The van der Waals surface area contributed by atoms with E-state index in [1.807, 2.05) is 10.8 Å². The van der Waals surface area contributed by atoms with E-state index in [4.69, 9.17) is 0 Å². The zero-order valence-corrected chi connectivity index (χ0v) is 11.6. The quantitative estimate of drug-likeness (QED) is 0.775. The monoisotopic (exact) mass is 276 g/mol. The number of hydrogen-bond donors (Lipinski definition) is 1. The molecule has 0 saturated carbocycles. The molecule has 0 radical (unpaired) electrons. The van der Waals surface area contributed by atoms with Crippen LogP contribution >= 0.6 is 0 Å². The van der Waals surface area contributed by atoms with Crippen molar-refractivity contribution in [2.24, 2.45) is 0 Å². The number of rotatable bonds is 8. The van der Waals surface area contributed by atoms with Crippen molar-refractivity contribution in [2.75, 3.05) is 0 Å². The molecule has 0 aliphatic rings. The fraction of sp³-hybridized carbons (Fsp3) is 0.538. The summed E-state index contributed by atoms with van der Waals surface area (Å²) < 4.78 is 3.71. The number of imidazole rings is 1. The van der Waals surface area contributed by atoms with Crippen LogP contribution in [0.5, 0.6) is 0 Å². The van der Waals surface area contributed by atoms with E-state index in [2.05, 4.69) is 27.3 Å². The molecule has 2 aromatic rings. The van der Waals surface area contributed by atoms with Crippen LogP contribution in [0.4, 0.5) is 0 Å². The second-order valence-corrected chi connectivity index (χ2v) is 4.69. The van der Waals surface area contributed by atoms with Gasteiger partial charge in [0.15, 0.2) is 0 Å². The Morgan fingerprint density at radius 1 is 1.35 bits per heavy atom. The summed E-state index contributed by atoms with van der Waals surface area (Å²) in [6, 6.07) is 0.142. The van der Waals surface area contributed by atoms with Crippen LogP contribution in [0.2, 0.25) is 0 Å². The third-order valence-electron chi connectivity index (χ3n) is 3.11. The van der Waals surface area contributed by atoms with Crippen LogP contribution in [-0.2, 0) is 17.9 Å². The van der Waals surface area contributed by atoms with Crippen molar-refractivity contribution in [3.8, 4) is 0 Å². The van der Waals surface area contributed by atoms with Gasteiger partial charge in [0, 0.05) is 37.9 Å². The Morgan fingerprint density at radius 3 is 2.90 bits per heavy atom. The molecular weight excluding hydrogens is 256 g/mol. The van der Waals surface area contributed by atoms with Crippen molar-refractivity contribution in [2.45, 2.75) is 45.3 Å². The molecule has 0 fully saturated rings. The van der Waals surface area contributed by atoms with Crippen LogP contribution in [0.15, 0.2) is 31.4 Å². The molecule has 0 bridgehead atoms. The molecule has 7 heteroatoms. The van der Waals surface area contributed by atoms with Crippen molar-refractivity contribution in [1.29, 1.82) is 0 Å². The van der Waals surface area contributed by atoms with Gasteiger partial charge in [-0.25, -0.2) is 9.97 Å². The minimum atomic E-state index is 0.0806. The first kappa shape index (κ1) is 14.2. The van der Waals surface area contributed by atoms with Gasteiger partial charge < -0.3 is 9.88 Å². The Bertz CT molecular complexity index is 493. The summed E-state index contributed by atoms with van der Waals surface area (Å²) >= 11 is 0. The van der Waals surface area contributed by atoms with Crippen LogP contribution in [0.25, 0.3) is 0 Å². The Morgan fingerprint density at radius 2 is 2.25 bits per heavy atom. The van der Waals surface area contributed by atoms with E-state index in [-0.39, 0.29) is 11.9 Å². The first-order valence-electron chi connectivity index (χ1n) is 6.85. The summed E-state index contributed by atoms with van der Waals surface area (Å²) in [6.45, 7) is 3.54. The highest BCUT2D eigenvalue weighted by Crippen LogP contribution is 2.00. The molecule has 2 rings (SSSR count). The van der Waals surface area contributed by atoms with Crippen molar-refractivity contribution in [3.63, 3.8) is 0 Å². The van der Waals surface area contributed by atoms with E-state index in [0.717, 1.165) is 19.4 Å². The molecule has 1 amide bonds. The highest BCUT2D eigenvalue weighted by molar-refractivity contribution is 5.76. The van der Waals surface area contributed by atoms with Crippen molar-refractivity contribution < 1.29 is 4.79 Å². The lowest BCUT2D eigenvalue weighted by atomic mass is 10.2. The van der Waals surface area contributed by atoms with Gasteiger partial charge in [0.2, 0.25) is 5.91 Å². The number of nitrogens with zero attached hydrogens (tertiary/aromatic N) is 5. The van der Waals surface area contributed by atoms with Gasteiger partial charge in [-0.2, -0.15) is 5.10 Å². The molecule has 1 unspecified atom stereocenters. The van der Waals surface area contributed by atoms with E-state index < -0.39 is 0 Å².